The lowest BCUT2D eigenvalue weighted by Gasteiger charge is -2.23. The molecule has 2 N–H and O–H groups in total. The third-order valence-electron chi connectivity index (χ3n) is 5.03. The largest absolute Gasteiger partial charge is 0.379 e. The summed E-state index contributed by atoms with van der Waals surface area (Å²) in [6.45, 7) is 6.30. The third-order valence-corrected chi connectivity index (χ3v) is 6.89. The Balaban J connectivity index is 1.82. The second-order valence-corrected chi connectivity index (χ2v) is 9.94. The molecule has 0 saturated heterocycles. The number of halogens is 2. The lowest BCUT2D eigenvalue weighted by molar-refractivity contribution is 0.264. The molecule has 11 heteroatoms. The van der Waals surface area contributed by atoms with Crippen molar-refractivity contribution in [2.24, 2.45) is 0 Å². The van der Waals surface area contributed by atoms with Gasteiger partial charge in [0.15, 0.2) is 11.6 Å². The van der Waals surface area contributed by atoms with Crippen molar-refractivity contribution in [3.05, 3.63) is 63.6 Å². The fourth-order valence-electron chi connectivity index (χ4n) is 2.96. The summed E-state index contributed by atoms with van der Waals surface area (Å²) in [5.41, 5.74) is 3.27. The number of rotatable bonds is 9. The predicted octanol–water partition coefficient (Wildman–Crippen LogP) is 4.38. The van der Waals surface area contributed by atoms with E-state index >= 15 is 0 Å². The summed E-state index contributed by atoms with van der Waals surface area (Å²) in [6.07, 6.45) is 0. The predicted molar refractivity (Wildman–Crippen MR) is 122 cm³/mol. The van der Waals surface area contributed by atoms with Crippen LogP contribution in [0.2, 0.25) is 0 Å². The summed E-state index contributed by atoms with van der Waals surface area (Å²) in [5.74, 6) is -1.30. The van der Waals surface area contributed by atoms with Crippen LogP contribution >= 0.6 is 11.3 Å². The molecule has 32 heavy (non-hydrogen) atoms. The first-order chi connectivity index (χ1) is 15.1. The van der Waals surface area contributed by atoms with E-state index in [1.54, 1.807) is 13.0 Å². The van der Waals surface area contributed by atoms with Crippen LogP contribution in [0.4, 0.5) is 20.3 Å². The summed E-state index contributed by atoms with van der Waals surface area (Å²) in [7, 11) is -2.29. The molecule has 3 aromatic rings. The first kappa shape index (κ1) is 24.0. The zero-order valence-electron chi connectivity index (χ0n) is 18.2. The van der Waals surface area contributed by atoms with Crippen molar-refractivity contribution >= 4 is 32.9 Å². The van der Waals surface area contributed by atoms with E-state index in [-0.39, 0.29) is 35.6 Å². The van der Waals surface area contributed by atoms with Crippen LogP contribution in [0.5, 0.6) is 0 Å². The summed E-state index contributed by atoms with van der Waals surface area (Å²) >= 11 is 1.20. The average molecular weight is 482 g/mol. The van der Waals surface area contributed by atoms with Crippen LogP contribution < -0.4 is 10.0 Å². The second kappa shape index (κ2) is 9.88. The van der Waals surface area contributed by atoms with Gasteiger partial charge in [-0.3, -0.25) is 9.62 Å². The quantitative estimate of drug-likeness (QED) is 0.472. The summed E-state index contributed by atoms with van der Waals surface area (Å²) in [6, 6.07) is 6.22. The van der Waals surface area contributed by atoms with Crippen molar-refractivity contribution in [2.75, 3.05) is 17.1 Å². The van der Waals surface area contributed by atoms with Crippen molar-refractivity contribution in [3.8, 4) is 0 Å². The fourth-order valence-corrected chi connectivity index (χ4v) is 4.57. The van der Waals surface area contributed by atoms with Crippen molar-refractivity contribution in [1.82, 2.24) is 14.9 Å². The topological polar surface area (TPSA) is 87.2 Å². The van der Waals surface area contributed by atoms with Gasteiger partial charge >= 0.3 is 0 Å². The molecule has 0 aliphatic carbocycles. The Bertz CT molecular complexity index is 1190. The number of aromatic nitrogens is 2. The number of aryl methyl sites for hydroxylation is 1. The maximum Gasteiger partial charge on any atom is 0.283 e. The number of anilines is 2. The van der Waals surface area contributed by atoms with Crippen LogP contribution in [0.25, 0.3) is 0 Å². The molecule has 0 aliphatic heterocycles. The Morgan fingerprint density at radius 3 is 2.62 bits per heavy atom. The van der Waals surface area contributed by atoms with Gasteiger partial charge in [0.05, 0.1) is 16.9 Å². The maximum atomic E-state index is 14.7. The zero-order chi connectivity index (χ0) is 23.5. The van der Waals surface area contributed by atoms with E-state index in [9.17, 15) is 17.2 Å². The van der Waals surface area contributed by atoms with E-state index in [0.717, 1.165) is 11.6 Å². The molecule has 0 saturated carbocycles. The molecule has 0 radical (unpaired) electrons. The molecule has 7 nitrogen and oxygen atoms in total. The molecule has 2 heterocycles. The molecule has 0 aliphatic rings. The minimum Gasteiger partial charge on any atom is -0.379 e. The first-order valence-corrected chi connectivity index (χ1v) is 12.3. The SMILES string of the molecule is Cc1nc(S(=O)(=O)Nc2cscn2)c(F)cc1NCc1c(F)cccc1CN(C)C(C)C. The molecular formula is C21H25F2N5O2S2. The molecule has 172 valence electrons. The number of hydrogen-bond acceptors (Lipinski definition) is 7. The lowest BCUT2D eigenvalue weighted by Crippen LogP contribution is -2.26. The van der Waals surface area contributed by atoms with Crippen LogP contribution in [0.1, 0.15) is 30.7 Å². The second-order valence-electron chi connectivity index (χ2n) is 7.63. The summed E-state index contributed by atoms with van der Waals surface area (Å²) in [5, 5.41) is 3.75. The van der Waals surface area contributed by atoms with Crippen molar-refractivity contribution < 1.29 is 17.2 Å². The molecule has 0 unspecified atom stereocenters. The van der Waals surface area contributed by atoms with Crippen molar-refractivity contribution in [1.29, 1.82) is 0 Å². The van der Waals surface area contributed by atoms with E-state index in [2.05, 4.69) is 24.9 Å². The van der Waals surface area contributed by atoms with E-state index in [1.807, 2.05) is 27.0 Å². The highest BCUT2D eigenvalue weighted by Crippen LogP contribution is 2.24. The number of pyridine rings is 1. The van der Waals surface area contributed by atoms with Crippen molar-refractivity contribution in [3.63, 3.8) is 0 Å². The summed E-state index contributed by atoms with van der Waals surface area (Å²) < 4.78 is 56.4. The number of benzene rings is 1. The van der Waals surface area contributed by atoms with Gasteiger partial charge in [-0.25, -0.2) is 18.7 Å². The molecule has 3 rings (SSSR count). The van der Waals surface area contributed by atoms with Gasteiger partial charge in [-0.15, -0.1) is 11.3 Å². The third kappa shape index (κ3) is 5.59. The van der Waals surface area contributed by atoms with Gasteiger partial charge in [-0.1, -0.05) is 12.1 Å². The number of hydrogen-bond donors (Lipinski definition) is 2. The Kier molecular flexibility index (Phi) is 7.42. The van der Waals surface area contributed by atoms with Crippen LogP contribution in [-0.4, -0.2) is 36.4 Å². The Hall–Kier alpha value is -2.63. The van der Waals surface area contributed by atoms with E-state index in [4.69, 9.17) is 0 Å². The highest BCUT2D eigenvalue weighted by molar-refractivity contribution is 7.92. The number of nitrogens with zero attached hydrogens (tertiary/aromatic N) is 3. The Morgan fingerprint density at radius 2 is 1.97 bits per heavy atom. The average Bonchev–Trinajstić information content (AvgIpc) is 3.21. The van der Waals surface area contributed by atoms with Crippen molar-refractivity contribution in [2.45, 2.75) is 44.9 Å². The number of nitrogens with one attached hydrogen (secondary N) is 2. The molecule has 2 aromatic heterocycles. The minimum absolute atomic E-state index is 0.0921. The van der Waals surface area contributed by atoms with Gasteiger partial charge in [-0.05, 0) is 39.4 Å². The van der Waals surface area contributed by atoms with E-state index < -0.39 is 20.9 Å². The van der Waals surface area contributed by atoms with Gasteiger partial charge in [0.25, 0.3) is 10.0 Å². The van der Waals surface area contributed by atoms with E-state index in [0.29, 0.717) is 12.1 Å². The van der Waals surface area contributed by atoms with Crippen LogP contribution in [0, 0.1) is 18.6 Å². The van der Waals surface area contributed by atoms with Crippen LogP contribution in [0.3, 0.4) is 0 Å². The van der Waals surface area contributed by atoms with Gasteiger partial charge in [0, 0.05) is 36.1 Å². The molecule has 0 fully saturated rings. The van der Waals surface area contributed by atoms with Gasteiger partial charge in [0.2, 0.25) is 5.03 Å². The highest BCUT2D eigenvalue weighted by atomic mass is 32.2. The summed E-state index contributed by atoms with van der Waals surface area (Å²) in [4.78, 5) is 9.86. The van der Waals surface area contributed by atoms with Gasteiger partial charge in [-0.2, -0.15) is 8.42 Å². The number of thiazole rings is 1. The number of sulfonamides is 1. The lowest BCUT2D eigenvalue weighted by atomic mass is 10.1. The molecule has 1 aromatic carbocycles. The maximum absolute atomic E-state index is 14.7. The van der Waals surface area contributed by atoms with Gasteiger partial charge in [0.1, 0.15) is 5.82 Å². The van der Waals surface area contributed by atoms with Gasteiger partial charge < -0.3 is 5.32 Å². The fraction of sp³-hybridized carbons (Fsp3) is 0.333. The Morgan fingerprint density at radius 1 is 1.22 bits per heavy atom. The normalized spacial score (nSPS) is 11.9. The molecule has 0 atom stereocenters. The highest BCUT2D eigenvalue weighted by Gasteiger charge is 2.24. The zero-order valence-corrected chi connectivity index (χ0v) is 19.8. The molecule has 0 amide bonds. The minimum atomic E-state index is -4.24. The standard InChI is InChI=1S/C21H25F2N5O2S2/c1-13(2)28(4)10-15-6-5-7-17(22)16(15)9-24-19-8-18(23)21(26-14(19)3)32(29,30)27-20-11-31-12-25-20/h5-8,11-13,24,27H,9-10H2,1-4H3. The van der Waals surface area contributed by atoms with E-state index in [1.165, 1.54) is 28.3 Å². The van der Waals surface area contributed by atoms with Crippen LogP contribution in [0.15, 0.2) is 40.2 Å². The first-order valence-electron chi connectivity index (χ1n) is 9.87. The molecule has 0 bridgehead atoms. The van der Waals surface area contributed by atoms with Crippen LogP contribution in [-0.2, 0) is 23.1 Å². The molecular weight excluding hydrogens is 456 g/mol. The smallest absolute Gasteiger partial charge is 0.283 e. The Labute approximate surface area is 190 Å². The molecule has 0 spiro atoms. The monoisotopic (exact) mass is 481 g/mol.